The lowest BCUT2D eigenvalue weighted by Crippen LogP contribution is -2.40. The van der Waals surface area contributed by atoms with Gasteiger partial charge in [-0.2, -0.15) is 4.99 Å². The van der Waals surface area contributed by atoms with Gasteiger partial charge in [0.1, 0.15) is 0 Å². The first kappa shape index (κ1) is 9.15. The largest absolute Gasteiger partial charge is 0.451 e. The van der Waals surface area contributed by atoms with E-state index in [9.17, 15) is 4.79 Å². The molecule has 0 bridgehead atoms. The second-order valence-electron chi connectivity index (χ2n) is 2.67. The minimum absolute atomic E-state index is 0.247. The van der Waals surface area contributed by atoms with Gasteiger partial charge >= 0.3 is 6.09 Å². The highest BCUT2D eigenvalue weighted by Crippen LogP contribution is 2.01. The number of amides is 1. The van der Waals surface area contributed by atoms with Crippen molar-refractivity contribution in [1.29, 1.82) is 0 Å². The minimum Gasteiger partial charge on any atom is -0.352 e. The van der Waals surface area contributed by atoms with Gasteiger partial charge in [-0.1, -0.05) is 0 Å². The van der Waals surface area contributed by atoms with Crippen molar-refractivity contribution >= 4 is 12.8 Å². The first-order valence-corrected chi connectivity index (χ1v) is 3.96. The smallest absolute Gasteiger partial charge is 0.352 e. The van der Waals surface area contributed by atoms with Gasteiger partial charge in [-0.15, -0.1) is 5.48 Å². The predicted octanol–water partition coefficient (Wildman–Crippen LogP) is 0.0802. The molecule has 1 heterocycles. The number of hydrogen-bond donors (Lipinski definition) is 2. The van der Waals surface area contributed by atoms with E-state index in [1.807, 2.05) is 0 Å². The first-order chi connectivity index (χ1) is 5.83. The molecule has 0 saturated carbocycles. The summed E-state index contributed by atoms with van der Waals surface area (Å²) >= 11 is 0. The van der Waals surface area contributed by atoms with Crippen LogP contribution in [0.15, 0.2) is 4.99 Å². The molecular weight excluding hydrogens is 158 g/mol. The molecule has 2 N–H and O–H groups in total. The van der Waals surface area contributed by atoms with Crippen molar-refractivity contribution < 1.29 is 9.63 Å². The number of carbonyl (C=O) groups is 1. The summed E-state index contributed by atoms with van der Waals surface area (Å²) in [6.07, 6.45) is 1.25. The predicted molar refractivity (Wildman–Crippen MR) is 45.1 cm³/mol. The molecule has 0 atom stereocenters. The topological polar surface area (TPSA) is 62.7 Å². The summed E-state index contributed by atoms with van der Waals surface area (Å²) in [6, 6.07) is 0.247. The van der Waals surface area contributed by atoms with Crippen LogP contribution in [0.5, 0.6) is 0 Å². The Labute approximate surface area is 71.1 Å². The van der Waals surface area contributed by atoms with Crippen LogP contribution in [-0.4, -0.2) is 31.9 Å². The fourth-order valence-electron chi connectivity index (χ4n) is 1.11. The summed E-state index contributed by atoms with van der Waals surface area (Å²) in [5.74, 6) is 0. The number of aliphatic imine (C=N–C) groups is 1. The average Bonchev–Trinajstić information content (AvgIpc) is 2.16. The lowest BCUT2D eigenvalue weighted by Gasteiger charge is -2.22. The van der Waals surface area contributed by atoms with Gasteiger partial charge in [-0.3, -0.25) is 0 Å². The van der Waals surface area contributed by atoms with E-state index in [2.05, 4.69) is 27.3 Å². The van der Waals surface area contributed by atoms with Crippen LogP contribution in [0.4, 0.5) is 4.79 Å². The summed E-state index contributed by atoms with van der Waals surface area (Å²) < 4.78 is 0. The molecule has 0 aromatic heterocycles. The monoisotopic (exact) mass is 171 g/mol. The van der Waals surface area contributed by atoms with Crippen molar-refractivity contribution in [1.82, 2.24) is 10.8 Å². The van der Waals surface area contributed by atoms with Crippen LogP contribution in [0.1, 0.15) is 12.8 Å². The van der Waals surface area contributed by atoms with Crippen LogP contribution in [0, 0.1) is 0 Å². The maximum Gasteiger partial charge on any atom is 0.451 e. The highest BCUT2D eigenvalue weighted by atomic mass is 16.7. The minimum atomic E-state index is -0.673. The van der Waals surface area contributed by atoms with E-state index >= 15 is 0 Å². The average molecular weight is 171 g/mol. The van der Waals surface area contributed by atoms with Gasteiger partial charge in [0.05, 0.1) is 0 Å². The Bertz CT molecular complexity index is 166. The SMILES string of the molecule is C=NC(=O)ONC1CCNCC1. The van der Waals surface area contributed by atoms with Gasteiger partial charge in [0.25, 0.3) is 0 Å². The fraction of sp³-hybridized carbons (Fsp3) is 0.714. The molecule has 1 fully saturated rings. The highest BCUT2D eigenvalue weighted by Gasteiger charge is 2.13. The molecule has 0 aromatic rings. The number of hydrogen-bond acceptors (Lipinski definition) is 4. The van der Waals surface area contributed by atoms with Crippen LogP contribution < -0.4 is 10.8 Å². The van der Waals surface area contributed by atoms with E-state index in [4.69, 9.17) is 0 Å². The maximum absolute atomic E-state index is 10.5. The summed E-state index contributed by atoms with van der Waals surface area (Å²) in [5.41, 5.74) is 2.65. The molecule has 1 aliphatic rings. The second kappa shape index (κ2) is 4.84. The summed E-state index contributed by atoms with van der Waals surface area (Å²) in [5, 5.41) is 3.20. The Morgan fingerprint density at radius 2 is 2.25 bits per heavy atom. The summed E-state index contributed by atoms with van der Waals surface area (Å²) in [4.78, 5) is 18.2. The maximum atomic E-state index is 10.5. The number of piperidine rings is 1. The van der Waals surface area contributed by atoms with Gasteiger partial charge in [0, 0.05) is 6.04 Å². The fourth-order valence-corrected chi connectivity index (χ4v) is 1.11. The third kappa shape index (κ3) is 2.98. The van der Waals surface area contributed by atoms with Crippen LogP contribution in [0.2, 0.25) is 0 Å². The van der Waals surface area contributed by atoms with Crippen molar-refractivity contribution in [2.24, 2.45) is 4.99 Å². The summed E-state index contributed by atoms with van der Waals surface area (Å²) in [6.45, 7) is 4.96. The lowest BCUT2D eigenvalue weighted by atomic mass is 10.1. The van der Waals surface area contributed by atoms with Crippen molar-refractivity contribution in [3.63, 3.8) is 0 Å². The van der Waals surface area contributed by atoms with E-state index in [0.717, 1.165) is 25.9 Å². The van der Waals surface area contributed by atoms with Gasteiger partial charge in [-0.25, -0.2) is 4.79 Å². The molecule has 12 heavy (non-hydrogen) atoms. The van der Waals surface area contributed by atoms with Crippen molar-refractivity contribution in [2.45, 2.75) is 18.9 Å². The third-order valence-corrected chi connectivity index (χ3v) is 1.78. The Morgan fingerprint density at radius 3 is 2.83 bits per heavy atom. The van der Waals surface area contributed by atoms with E-state index in [0.29, 0.717) is 0 Å². The molecule has 68 valence electrons. The van der Waals surface area contributed by atoms with Gasteiger partial charge in [0.15, 0.2) is 0 Å². The van der Waals surface area contributed by atoms with Crippen LogP contribution in [0.3, 0.4) is 0 Å². The molecule has 0 aromatic carbocycles. The Morgan fingerprint density at radius 1 is 1.58 bits per heavy atom. The van der Waals surface area contributed by atoms with Crippen LogP contribution in [-0.2, 0) is 4.84 Å². The standard InChI is InChI=1S/C7H13N3O2/c1-8-7(11)12-10-6-2-4-9-5-3-6/h6,9-10H,1-5H2. The van der Waals surface area contributed by atoms with Crippen molar-refractivity contribution in [3.8, 4) is 0 Å². The molecule has 1 aliphatic heterocycles. The van der Waals surface area contributed by atoms with Crippen molar-refractivity contribution in [2.75, 3.05) is 13.1 Å². The zero-order valence-corrected chi connectivity index (χ0v) is 6.88. The molecular formula is C7H13N3O2. The zero-order chi connectivity index (χ0) is 8.81. The quantitative estimate of drug-likeness (QED) is 0.456. The van der Waals surface area contributed by atoms with E-state index in [-0.39, 0.29) is 6.04 Å². The Hall–Kier alpha value is -0.940. The van der Waals surface area contributed by atoms with Crippen LogP contribution in [0.25, 0.3) is 0 Å². The molecule has 1 saturated heterocycles. The number of hydroxylamine groups is 1. The zero-order valence-electron chi connectivity index (χ0n) is 6.88. The molecule has 1 amide bonds. The van der Waals surface area contributed by atoms with E-state index < -0.39 is 6.09 Å². The first-order valence-electron chi connectivity index (χ1n) is 3.96. The number of nitrogens with zero attached hydrogens (tertiary/aromatic N) is 1. The molecule has 5 nitrogen and oxygen atoms in total. The number of nitrogens with one attached hydrogen (secondary N) is 2. The number of rotatable bonds is 2. The van der Waals surface area contributed by atoms with Crippen molar-refractivity contribution in [3.05, 3.63) is 0 Å². The summed E-state index contributed by atoms with van der Waals surface area (Å²) in [7, 11) is 0. The third-order valence-electron chi connectivity index (χ3n) is 1.78. The Kier molecular flexibility index (Phi) is 3.69. The Balaban J connectivity index is 2.12. The highest BCUT2D eigenvalue weighted by molar-refractivity contribution is 5.72. The molecule has 0 spiro atoms. The molecule has 5 heteroatoms. The second-order valence-corrected chi connectivity index (χ2v) is 2.67. The normalized spacial score (nSPS) is 18.7. The number of carbonyl (C=O) groups excluding carboxylic acids is 1. The lowest BCUT2D eigenvalue weighted by molar-refractivity contribution is 0.0684. The molecule has 0 radical (unpaired) electrons. The van der Waals surface area contributed by atoms with Gasteiger partial charge < -0.3 is 10.2 Å². The van der Waals surface area contributed by atoms with Gasteiger partial charge in [-0.05, 0) is 32.6 Å². The van der Waals surface area contributed by atoms with Crippen LogP contribution >= 0.6 is 0 Å². The molecule has 1 rings (SSSR count). The molecule has 0 unspecified atom stereocenters. The van der Waals surface area contributed by atoms with Gasteiger partial charge in [0.2, 0.25) is 0 Å². The van der Waals surface area contributed by atoms with E-state index in [1.165, 1.54) is 0 Å². The van der Waals surface area contributed by atoms with E-state index in [1.54, 1.807) is 0 Å². The molecule has 0 aliphatic carbocycles.